The molecule has 0 saturated heterocycles. The number of rotatable bonds is 3. The van der Waals surface area contributed by atoms with E-state index in [9.17, 15) is 8.42 Å². The molecule has 112 valence electrons. The largest absolute Gasteiger partial charge is 0.316 e. The van der Waals surface area contributed by atoms with E-state index in [2.05, 4.69) is 19.2 Å². The molecule has 20 heavy (non-hydrogen) atoms. The summed E-state index contributed by atoms with van der Waals surface area (Å²) in [7, 11) is -1.59. The maximum absolute atomic E-state index is 12.9. The van der Waals surface area contributed by atoms with Crippen LogP contribution in [-0.2, 0) is 9.84 Å². The average molecular weight is 316 g/mol. The lowest BCUT2D eigenvalue weighted by atomic mass is 9.75. The summed E-state index contributed by atoms with van der Waals surface area (Å²) in [5.74, 6) is 0. The van der Waals surface area contributed by atoms with E-state index < -0.39 is 15.1 Å². The molecule has 3 nitrogen and oxygen atoms in total. The molecule has 1 aliphatic carbocycles. The third-order valence-corrected chi connectivity index (χ3v) is 6.95. The van der Waals surface area contributed by atoms with Crippen LogP contribution in [0.2, 0.25) is 5.02 Å². The van der Waals surface area contributed by atoms with Gasteiger partial charge in [-0.3, -0.25) is 0 Å². The summed E-state index contributed by atoms with van der Waals surface area (Å²) in [6, 6.07) is 6.70. The van der Waals surface area contributed by atoms with Gasteiger partial charge >= 0.3 is 0 Å². The lowest BCUT2D eigenvalue weighted by molar-refractivity contribution is 0.213. The van der Waals surface area contributed by atoms with Crippen LogP contribution in [0.5, 0.6) is 0 Å². The smallest absolute Gasteiger partial charge is 0.184 e. The number of hydrogen-bond acceptors (Lipinski definition) is 3. The average Bonchev–Trinajstić information content (AvgIpc) is 2.38. The highest BCUT2D eigenvalue weighted by Crippen LogP contribution is 2.40. The van der Waals surface area contributed by atoms with Crippen molar-refractivity contribution in [2.45, 2.75) is 49.3 Å². The van der Waals surface area contributed by atoms with Gasteiger partial charge in [0.15, 0.2) is 9.84 Å². The van der Waals surface area contributed by atoms with E-state index in [0.29, 0.717) is 11.4 Å². The van der Waals surface area contributed by atoms with Gasteiger partial charge in [0.2, 0.25) is 0 Å². The van der Waals surface area contributed by atoms with E-state index in [0.717, 1.165) is 12.8 Å². The fraction of sp³-hybridized carbons (Fsp3) is 0.600. The van der Waals surface area contributed by atoms with Crippen LogP contribution in [0.4, 0.5) is 0 Å². The van der Waals surface area contributed by atoms with Crippen LogP contribution in [0.25, 0.3) is 0 Å². The first-order chi connectivity index (χ1) is 9.28. The first-order valence-corrected chi connectivity index (χ1v) is 8.86. The summed E-state index contributed by atoms with van der Waals surface area (Å²) in [4.78, 5) is 0.254. The highest BCUT2D eigenvalue weighted by atomic mass is 35.5. The molecule has 0 amide bonds. The fourth-order valence-electron chi connectivity index (χ4n) is 3.02. The second-order valence-electron chi connectivity index (χ2n) is 6.32. The zero-order valence-corrected chi connectivity index (χ0v) is 13.8. The van der Waals surface area contributed by atoms with Crippen molar-refractivity contribution in [3.8, 4) is 0 Å². The zero-order chi connectivity index (χ0) is 15.0. The zero-order valence-electron chi connectivity index (χ0n) is 12.2. The van der Waals surface area contributed by atoms with Crippen LogP contribution in [0.1, 0.15) is 33.1 Å². The fourth-order valence-corrected chi connectivity index (χ4v) is 5.78. The van der Waals surface area contributed by atoms with Crippen molar-refractivity contribution in [2.24, 2.45) is 5.41 Å². The minimum absolute atomic E-state index is 0.00991. The van der Waals surface area contributed by atoms with E-state index >= 15 is 0 Å². The first-order valence-electron chi connectivity index (χ1n) is 6.94. The van der Waals surface area contributed by atoms with Gasteiger partial charge in [-0.05, 0) is 43.9 Å². The predicted molar refractivity (Wildman–Crippen MR) is 82.9 cm³/mol. The second-order valence-corrected chi connectivity index (χ2v) is 8.86. The van der Waals surface area contributed by atoms with Gasteiger partial charge in [0.1, 0.15) is 0 Å². The molecular formula is C15H22ClNO2S. The normalized spacial score (nSPS) is 26.4. The maximum Gasteiger partial charge on any atom is 0.184 e. The van der Waals surface area contributed by atoms with Crippen molar-refractivity contribution in [1.82, 2.24) is 5.32 Å². The van der Waals surface area contributed by atoms with E-state index in [4.69, 9.17) is 11.6 Å². The van der Waals surface area contributed by atoms with Crippen molar-refractivity contribution in [2.75, 3.05) is 7.05 Å². The molecule has 0 aliphatic heterocycles. The summed E-state index contributed by atoms with van der Waals surface area (Å²) >= 11 is 6.09. The Morgan fingerprint density at radius 1 is 1.30 bits per heavy atom. The number of hydrogen-bond donors (Lipinski definition) is 1. The van der Waals surface area contributed by atoms with E-state index in [-0.39, 0.29) is 16.4 Å². The van der Waals surface area contributed by atoms with Gasteiger partial charge in [-0.1, -0.05) is 37.6 Å². The van der Waals surface area contributed by atoms with Gasteiger partial charge in [-0.15, -0.1) is 0 Å². The second kappa shape index (κ2) is 5.66. The first kappa shape index (κ1) is 15.8. The van der Waals surface area contributed by atoms with Gasteiger partial charge in [-0.25, -0.2) is 8.42 Å². The van der Waals surface area contributed by atoms with Gasteiger partial charge in [-0.2, -0.15) is 0 Å². The summed E-state index contributed by atoms with van der Waals surface area (Å²) in [5, 5.41) is 3.06. The molecule has 1 aromatic rings. The van der Waals surface area contributed by atoms with Crippen LogP contribution in [0.15, 0.2) is 29.2 Å². The number of benzene rings is 1. The molecule has 0 bridgehead atoms. The highest BCUT2D eigenvalue weighted by molar-refractivity contribution is 7.92. The van der Waals surface area contributed by atoms with Crippen molar-refractivity contribution >= 4 is 21.4 Å². The Morgan fingerprint density at radius 2 is 1.95 bits per heavy atom. The maximum atomic E-state index is 12.9. The van der Waals surface area contributed by atoms with Crippen LogP contribution in [-0.4, -0.2) is 26.8 Å². The number of sulfone groups is 1. The van der Waals surface area contributed by atoms with Gasteiger partial charge in [0, 0.05) is 6.04 Å². The molecule has 2 unspecified atom stereocenters. The van der Waals surface area contributed by atoms with Crippen molar-refractivity contribution in [1.29, 1.82) is 0 Å². The van der Waals surface area contributed by atoms with Gasteiger partial charge in [0.05, 0.1) is 15.2 Å². The van der Waals surface area contributed by atoms with Gasteiger partial charge in [0.25, 0.3) is 0 Å². The van der Waals surface area contributed by atoms with Crippen molar-refractivity contribution in [3.05, 3.63) is 29.3 Å². The van der Waals surface area contributed by atoms with E-state index in [1.165, 1.54) is 0 Å². The number of halogens is 1. The molecule has 2 rings (SSSR count). The van der Waals surface area contributed by atoms with Crippen LogP contribution < -0.4 is 5.32 Å². The lowest BCUT2D eigenvalue weighted by Crippen LogP contribution is -2.48. The molecule has 0 heterocycles. The Balaban J connectivity index is 2.43. The minimum Gasteiger partial charge on any atom is -0.316 e. The molecule has 0 radical (unpaired) electrons. The van der Waals surface area contributed by atoms with Crippen molar-refractivity contribution in [3.63, 3.8) is 0 Å². The summed E-state index contributed by atoms with van der Waals surface area (Å²) in [6.07, 6.45) is 2.57. The molecule has 1 saturated carbocycles. The van der Waals surface area contributed by atoms with Crippen molar-refractivity contribution < 1.29 is 8.42 Å². The quantitative estimate of drug-likeness (QED) is 0.931. The standard InChI is InChI=1S/C15H22ClNO2S/c1-15(2)9-8-12(17-3)14(10-15)20(18,19)13-7-5-4-6-11(13)16/h4-7,12,14,17H,8-10H2,1-3H3. The van der Waals surface area contributed by atoms with Crippen LogP contribution in [0.3, 0.4) is 0 Å². The Morgan fingerprint density at radius 3 is 2.55 bits per heavy atom. The lowest BCUT2D eigenvalue weighted by Gasteiger charge is -2.40. The molecule has 5 heteroatoms. The van der Waals surface area contributed by atoms with Crippen LogP contribution >= 0.6 is 11.6 Å². The Bertz CT molecular complexity index is 583. The van der Waals surface area contributed by atoms with E-state index in [1.54, 1.807) is 24.3 Å². The summed E-state index contributed by atoms with van der Waals surface area (Å²) < 4.78 is 25.9. The molecule has 0 spiro atoms. The summed E-state index contributed by atoms with van der Waals surface area (Å²) in [5.41, 5.74) is 0.0480. The topological polar surface area (TPSA) is 46.2 Å². The Hall–Kier alpha value is -0.580. The van der Waals surface area contributed by atoms with Gasteiger partial charge < -0.3 is 5.32 Å². The minimum atomic E-state index is -3.42. The van der Waals surface area contributed by atoms with E-state index in [1.807, 2.05) is 7.05 Å². The SMILES string of the molecule is CNC1CCC(C)(C)CC1S(=O)(=O)c1ccccc1Cl. The molecule has 1 aromatic carbocycles. The Labute approximate surface area is 126 Å². The van der Waals surface area contributed by atoms with Crippen LogP contribution in [0, 0.1) is 5.41 Å². The molecule has 0 aromatic heterocycles. The molecular weight excluding hydrogens is 294 g/mol. The molecule has 2 atom stereocenters. The molecule has 1 aliphatic rings. The predicted octanol–water partition coefficient (Wildman–Crippen LogP) is 3.28. The Kier molecular flexibility index (Phi) is 4.47. The third kappa shape index (κ3) is 3.02. The number of nitrogens with one attached hydrogen (secondary N) is 1. The molecule has 1 fully saturated rings. The third-order valence-electron chi connectivity index (χ3n) is 4.25. The highest BCUT2D eigenvalue weighted by Gasteiger charge is 2.42. The monoisotopic (exact) mass is 315 g/mol. The molecule has 1 N–H and O–H groups in total. The summed E-state index contributed by atoms with van der Waals surface area (Å²) in [6.45, 7) is 4.27.